The van der Waals surface area contributed by atoms with Gasteiger partial charge >= 0.3 is 6.18 Å². The summed E-state index contributed by atoms with van der Waals surface area (Å²) in [4.78, 5) is 8.65. The molecule has 0 amide bonds. The third-order valence-corrected chi connectivity index (χ3v) is 2.02. The molecule has 0 atom stereocenters. The van der Waals surface area contributed by atoms with Crippen LogP contribution < -0.4 is 10.6 Å². The maximum absolute atomic E-state index is 12.3. The number of hydrogen-bond donors (Lipinski definition) is 1. The molecule has 1 aromatic heterocycles. The summed E-state index contributed by atoms with van der Waals surface area (Å²) in [6.45, 7) is 2.44. The van der Waals surface area contributed by atoms with E-state index >= 15 is 0 Å². The number of halogens is 3. The van der Waals surface area contributed by atoms with Gasteiger partial charge in [-0.25, -0.2) is 4.98 Å². The molecule has 0 saturated carbocycles. The van der Waals surface area contributed by atoms with Gasteiger partial charge in [-0.15, -0.1) is 0 Å². The van der Waals surface area contributed by atoms with Gasteiger partial charge in [0.25, 0.3) is 0 Å². The second kappa shape index (κ2) is 4.54. The quantitative estimate of drug-likeness (QED) is 0.865. The summed E-state index contributed by atoms with van der Waals surface area (Å²) < 4.78 is 36.9. The molecule has 1 heterocycles. The molecule has 0 aliphatic rings. The average molecular weight is 234 g/mol. The Labute approximate surface area is 91.3 Å². The van der Waals surface area contributed by atoms with Crippen molar-refractivity contribution in [2.75, 3.05) is 23.7 Å². The van der Waals surface area contributed by atoms with E-state index in [1.807, 2.05) is 0 Å². The lowest BCUT2D eigenvalue weighted by molar-refractivity contribution is -0.119. The van der Waals surface area contributed by atoms with E-state index in [0.29, 0.717) is 5.56 Å². The largest absolute Gasteiger partial charge is 0.405 e. The molecule has 16 heavy (non-hydrogen) atoms. The number of anilines is 2. The minimum absolute atomic E-state index is 0.0266. The summed E-state index contributed by atoms with van der Waals surface area (Å²) in [7, 11) is 0. The van der Waals surface area contributed by atoms with Crippen molar-refractivity contribution < 1.29 is 13.2 Å². The summed E-state index contributed by atoms with van der Waals surface area (Å²) in [6.07, 6.45) is -2.85. The smallest absolute Gasteiger partial charge is 0.368 e. The van der Waals surface area contributed by atoms with E-state index in [2.05, 4.69) is 9.97 Å². The maximum atomic E-state index is 12.3. The number of nitrogen functional groups attached to an aromatic ring is 1. The molecule has 7 heteroatoms. The summed E-state index contributed by atoms with van der Waals surface area (Å²) in [5.74, 6) is 0.202. The fourth-order valence-corrected chi connectivity index (χ4v) is 1.32. The molecule has 0 unspecified atom stereocenters. The molecule has 1 rings (SSSR count). The van der Waals surface area contributed by atoms with Crippen molar-refractivity contribution in [2.45, 2.75) is 20.0 Å². The Bertz CT molecular complexity index is 364. The zero-order valence-corrected chi connectivity index (χ0v) is 9.04. The third-order valence-electron chi connectivity index (χ3n) is 2.02. The van der Waals surface area contributed by atoms with Crippen LogP contribution in [-0.2, 0) is 0 Å². The molecule has 0 radical (unpaired) electrons. The van der Waals surface area contributed by atoms with Crippen molar-refractivity contribution in [3.8, 4) is 0 Å². The molecule has 0 aliphatic heterocycles. The van der Waals surface area contributed by atoms with Crippen LogP contribution in [-0.4, -0.2) is 29.2 Å². The number of hydrogen-bond acceptors (Lipinski definition) is 4. The molecule has 4 nitrogen and oxygen atoms in total. The minimum atomic E-state index is -4.26. The number of alkyl halides is 3. The lowest BCUT2D eigenvalue weighted by atomic mass is 10.3. The number of aromatic nitrogens is 2. The minimum Gasteiger partial charge on any atom is -0.368 e. The van der Waals surface area contributed by atoms with Crippen molar-refractivity contribution in [3.63, 3.8) is 0 Å². The molecule has 0 spiro atoms. The Morgan fingerprint density at radius 2 is 2.06 bits per heavy atom. The van der Waals surface area contributed by atoms with E-state index in [1.54, 1.807) is 13.8 Å². The van der Waals surface area contributed by atoms with Crippen LogP contribution in [0.4, 0.5) is 24.9 Å². The van der Waals surface area contributed by atoms with Crippen LogP contribution in [0.5, 0.6) is 0 Å². The van der Waals surface area contributed by atoms with Gasteiger partial charge in [-0.2, -0.15) is 18.2 Å². The molecule has 0 aliphatic carbocycles. The first-order valence-electron chi connectivity index (χ1n) is 4.74. The Morgan fingerprint density at radius 3 is 2.56 bits per heavy atom. The highest BCUT2D eigenvalue weighted by atomic mass is 19.4. The van der Waals surface area contributed by atoms with Crippen LogP contribution in [0.2, 0.25) is 0 Å². The first kappa shape index (κ1) is 12.5. The van der Waals surface area contributed by atoms with Gasteiger partial charge < -0.3 is 10.6 Å². The normalized spacial score (nSPS) is 11.6. The lowest BCUT2D eigenvalue weighted by Crippen LogP contribution is -2.35. The van der Waals surface area contributed by atoms with Crippen molar-refractivity contribution in [1.29, 1.82) is 0 Å². The van der Waals surface area contributed by atoms with Crippen LogP contribution in [0.25, 0.3) is 0 Å². The standard InChI is InChI=1S/C9H13F3N4/c1-3-16(5-9(10,11)12)7-6(2)4-14-8(13)15-7/h4H,3,5H2,1-2H3,(H2,13,14,15). The van der Waals surface area contributed by atoms with Gasteiger partial charge in [0.2, 0.25) is 5.95 Å². The van der Waals surface area contributed by atoms with Gasteiger partial charge in [-0.3, -0.25) is 0 Å². The van der Waals surface area contributed by atoms with E-state index < -0.39 is 12.7 Å². The van der Waals surface area contributed by atoms with Gasteiger partial charge in [0.05, 0.1) is 0 Å². The molecule has 2 N–H and O–H groups in total. The molecule has 1 aromatic rings. The highest BCUT2D eigenvalue weighted by molar-refractivity contribution is 5.47. The Kier molecular flexibility index (Phi) is 3.56. The SMILES string of the molecule is CCN(CC(F)(F)F)c1nc(N)ncc1C. The van der Waals surface area contributed by atoms with Crippen molar-refractivity contribution in [2.24, 2.45) is 0 Å². The first-order chi connectivity index (χ1) is 7.33. The van der Waals surface area contributed by atoms with Crippen LogP contribution in [0.3, 0.4) is 0 Å². The third kappa shape index (κ3) is 3.25. The van der Waals surface area contributed by atoms with E-state index in [0.717, 1.165) is 4.90 Å². The first-order valence-corrected chi connectivity index (χ1v) is 4.74. The van der Waals surface area contributed by atoms with Crippen LogP contribution in [0.15, 0.2) is 6.20 Å². The number of nitrogens with zero attached hydrogens (tertiary/aromatic N) is 3. The van der Waals surface area contributed by atoms with Crippen LogP contribution >= 0.6 is 0 Å². The zero-order chi connectivity index (χ0) is 12.3. The number of rotatable bonds is 3. The lowest BCUT2D eigenvalue weighted by Gasteiger charge is -2.24. The Morgan fingerprint density at radius 1 is 1.44 bits per heavy atom. The fraction of sp³-hybridized carbons (Fsp3) is 0.556. The number of aryl methyl sites for hydroxylation is 1. The summed E-state index contributed by atoms with van der Waals surface area (Å²) in [5.41, 5.74) is 5.92. The van der Waals surface area contributed by atoms with Crippen molar-refractivity contribution in [1.82, 2.24) is 9.97 Å². The molecule has 0 aromatic carbocycles. The van der Waals surface area contributed by atoms with Crippen LogP contribution in [0.1, 0.15) is 12.5 Å². The second-order valence-electron chi connectivity index (χ2n) is 3.36. The number of nitrogens with two attached hydrogens (primary N) is 1. The van der Waals surface area contributed by atoms with E-state index in [9.17, 15) is 13.2 Å². The Balaban J connectivity index is 2.99. The Hall–Kier alpha value is -1.53. The average Bonchev–Trinajstić information content (AvgIpc) is 2.17. The van der Waals surface area contributed by atoms with Gasteiger partial charge in [-0.05, 0) is 13.8 Å². The summed E-state index contributed by atoms with van der Waals surface area (Å²) in [5, 5.41) is 0. The topological polar surface area (TPSA) is 55.0 Å². The summed E-state index contributed by atoms with van der Waals surface area (Å²) >= 11 is 0. The monoisotopic (exact) mass is 234 g/mol. The molecular weight excluding hydrogens is 221 g/mol. The van der Waals surface area contributed by atoms with Gasteiger partial charge in [0, 0.05) is 18.3 Å². The van der Waals surface area contributed by atoms with E-state index in [1.165, 1.54) is 6.20 Å². The predicted octanol–water partition coefficient (Wildman–Crippen LogP) is 1.76. The fourth-order valence-electron chi connectivity index (χ4n) is 1.32. The highest BCUT2D eigenvalue weighted by Crippen LogP contribution is 2.22. The highest BCUT2D eigenvalue weighted by Gasteiger charge is 2.31. The van der Waals surface area contributed by atoms with Gasteiger partial charge in [0.15, 0.2) is 0 Å². The van der Waals surface area contributed by atoms with Gasteiger partial charge in [-0.1, -0.05) is 0 Å². The summed E-state index contributed by atoms with van der Waals surface area (Å²) in [6, 6.07) is 0. The van der Waals surface area contributed by atoms with E-state index in [4.69, 9.17) is 5.73 Å². The zero-order valence-electron chi connectivity index (χ0n) is 9.04. The molecular formula is C9H13F3N4. The molecule has 0 bridgehead atoms. The second-order valence-corrected chi connectivity index (χ2v) is 3.36. The molecule has 0 fully saturated rings. The van der Waals surface area contributed by atoms with Crippen molar-refractivity contribution in [3.05, 3.63) is 11.8 Å². The van der Waals surface area contributed by atoms with E-state index in [-0.39, 0.29) is 18.3 Å². The van der Waals surface area contributed by atoms with Gasteiger partial charge in [0.1, 0.15) is 12.4 Å². The van der Waals surface area contributed by atoms with Crippen molar-refractivity contribution >= 4 is 11.8 Å². The predicted molar refractivity (Wildman–Crippen MR) is 55.1 cm³/mol. The van der Waals surface area contributed by atoms with Crippen LogP contribution in [0, 0.1) is 6.92 Å². The maximum Gasteiger partial charge on any atom is 0.405 e. The molecule has 90 valence electrons. The molecule has 0 saturated heterocycles.